The van der Waals surface area contributed by atoms with Gasteiger partial charge in [0.15, 0.2) is 5.60 Å². The predicted octanol–water partition coefficient (Wildman–Crippen LogP) is 1.18. The highest BCUT2D eigenvalue weighted by molar-refractivity contribution is 5.78. The maximum atomic E-state index is 10.3. The first-order valence-corrected chi connectivity index (χ1v) is 3.64. The van der Waals surface area contributed by atoms with E-state index in [1.165, 1.54) is 13.0 Å². The van der Waals surface area contributed by atoms with Gasteiger partial charge in [0.1, 0.15) is 0 Å². The second-order valence-corrected chi connectivity index (χ2v) is 2.64. The first-order chi connectivity index (χ1) is 5.00. The molecule has 0 saturated heterocycles. The van der Waals surface area contributed by atoms with E-state index < -0.39 is 11.6 Å². The Balaban J connectivity index is 4.00. The molecule has 0 rings (SSSR count). The average Bonchev–Trinajstić information content (AvgIpc) is 1.88. The standard InChI is InChI=1S/C8H14O3/c1-3-4-5-6-8(2,11)7(9)10/h5-6,11H,3-4H2,1-2H3,(H,9,10). The molecule has 0 radical (unpaired) electrons. The van der Waals surface area contributed by atoms with Crippen LogP contribution in [0.2, 0.25) is 0 Å². The Bertz CT molecular complexity index is 159. The molecule has 0 aliphatic rings. The molecule has 64 valence electrons. The van der Waals surface area contributed by atoms with E-state index >= 15 is 0 Å². The van der Waals surface area contributed by atoms with Crippen LogP contribution in [0, 0.1) is 0 Å². The van der Waals surface area contributed by atoms with E-state index in [4.69, 9.17) is 10.2 Å². The summed E-state index contributed by atoms with van der Waals surface area (Å²) < 4.78 is 0. The molecule has 0 spiro atoms. The fourth-order valence-corrected chi connectivity index (χ4v) is 0.551. The quantitative estimate of drug-likeness (QED) is 0.604. The molecule has 1 unspecified atom stereocenters. The van der Waals surface area contributed by atoms with Crippen molar-refractivity contribution in [1.82, 2.24) is 0 Å². The molecule has 2 N–H and O–H groups in total. The number of aliphatic carboxylic acids is 1. The molecule has 0 amide bonds. The van der Waals surface area contributed by atoms with Crippen molar-refractivity contribution in [3.63, 3.8) is 0 Å². The van der Waals surface area contributed by atoms with Crippen molar-refractivity contribution in [2.75, 3.05) is 0 Å². The fraction of sp³-hybridized carbons (Fsp3) is 0.625. The van der Waals surface area contributed by atoms with Gasteiger partial charge in [-0.05, 0) is 19.4 Å². The number of carboxylic acid groups (broad SMARTS) is 1. The van der Waals surface area contributed by atoms with E-state index in [0.717, 1.165) is 12.8 Å². The van der Waals surface area contributed by atoms with Crippen LogP contribution < -0.4 is 0 Å². The molecule has 0 heterocycles. The van der Waals surface area contributed by atoms with Crippen LogP contribution in [0.3, 0.4) is 0 Å². The largest absolute Gasteiger partial charge is 0.479 e. The van der Waals surface area contributed by atoms with Gasteiger partial charge in [-0.1, -0.05) is 19.4 Å². The SMILES string of the molecule is CCCC=CC(C)(O)C(=O)O. The molecule has 1 atom stereocenters. The summed E-state index contributed by atoms with van der Waals surface area (Å²) in [5.74, 6) is -1.22. The summed E-state index contributed by atoms with van der Waals surface area (Å²) in [6.45, 7) is 3.24. The van der Waals surface area contributed by atoms with E-state index in [0.29, 0.717) is 0 Å². The molecular weight excluding hydrogens is 144 g/mol. The van der Waals surface area contributed by atoms with Gasteiger partial charge in [0.05, 0.1) is 0 Å². The highest BCUT2D eigenvalue weighted by Gasteiger charge is 2.25. The molecule has 3 nitrogen and oxygen atoms in total. The van der Waals surface area contributed by atoms with Gasteiger partial charge in [-0.15, -0.1) is 0 Å². The van der Waals surface area contributed by atoms with Gasteiger partial charge in [-0.2, -0.15) is 0 Å². The number of carboxylic acids is 1. The summed E-state index contributed by atoms with van der Waals surface area (Å²) in [5.41, 5.74) is -1.71. The second kappa shape index (κ2) is 4.13. The van der Waals surface area contributed by atoms with Gasteiger partial charge in [0.25, 0.3) is 0 Å². The first-order valence-electron chi connectivity index (χ1n) is 3.64. The van der Waals surface area contributed by atoms with Crippen molar-refractivity contribution >= 4 is 5.97 Å². The minimum Gasteiger partial charge on any atom is -0.479 e. The van der Waals surface area contributed by atoms with Crippen molar-refractivity contribution < 1.29 is 15.0 Å². The smallest absolute Gasteiger partial charge is 0.339 e. The Kier molecular flexibility index (Phi) is 3.82. The van der Waals surface area contributed by atoms with Crippen LogP contribution in [0.1, 0.15) is 26.7 Å². The summed E-state index contributed by atoms with van der Waals surface area (Å²) >= 11 is 0. The van der Waals surface area contributed by atoms with Crippen molar-refractivity contribution in [1.29, 1.82) is 0 Å². The van der Waals surface area contributed by atoms with E-state index in [1.54, 1.807) is 6.08 Å². The lowest BCUT2D eigenvalue weighted by Crippen LogP contribution is -2.32. The van der Waals surface area contributed by atoms with Gasteiger partial charge < -0.3 is 10.2 Å². The van der Waals surface area contributed by atoms with Gasteiger partial charge in [-0.3, -0.25) is 0 Å². The Morgan fingerprint density at radius 2 is 2.18 bits per heavy atom. The third-order valence-electron chi connectivity index (χ3n) is 1.33. The molecular formula is C8H14O3. The van der Waals surface area contributed by atoms with Gasteiger partial charge >= 0.3 is 5.97 Å². The lowest BCUT2D eigenvalue weighted by molar-refractivity contribution is -0.151. The van der Waals surface area contributed by atoms with Crippen molar-refractivity contribution in [2.24, 2.45) is 0 Å². The van der Waals surface area contributed by atoms with Crippen LogP contribution in [0.15, 0.2) is 12.2 Å². The summed E-state index contributed by atoms with van der Waals surface area (Å²) in [4.78, 5) is 10.3. The highest BCUT2D eigenvalue weighted by Crippen LogP contribution is 2.06. The lowest BCUT2D eigenvalue weighted by Gasteiger charge is -2.11. The lowest BCUT2D eigenvalue weighted by atomic mass is 10.1. The molecule has 0 aromatic rings. The Labute approximate surface area is 66.4 Å². The molecule has 3 heteroatoms. The van der Waals surface area contributed by atoms with E-state index in [9.17, 15) is 4.79 Å². The number of hydrogen-bond donors (Lipinski definition) is 2. The number of carbonyl (C=O) groups is 1. The van der Waals surface area contributed by atoms with Gasteiger partial charge in [0, 0.05) is 0 Å². The molecule has 0 aromatic carbocycles. The maximum absolute atomic E-state index is 10.3. The first kappa shape index (κ1) is 10.2. The van der Waals surface area contributed by atoms with Crippen LogP contribution in [0.5, 0.6) is 0 Å². The number of unbranched alkanes of at least 4 members (excludes halogenated alkanes) is 1. The molecule has 0 aromatic heterocycles. The normalized spacial score (nSPS) is 16.6. The second-order valence-electron chi connectivity index (χ2n) is 2.64. The van der Waals surface area contributed by atoms with Crippen molar-refractivity contribution in [3.8, 4) is 0 Å². The zero-order valence-corrected chi connectivity index (χ0v) is 6.87. The Morgan fingerprint density at radius 3 is 2.55 bits per heavy atom. The highest BCUT2D eigenvalue weighted by atomic mass is 16.4. The Hall–Kier alpha value is -0.830. The van der Waals surface area contributed by atoms with Crippen LogP contribution in [-0.2, 0) is 4.79 Å². The van der Waals surface area contributed by atoms with E-state index in [-0.39, 0.29) is 0 Å². The van der Waals surface area contributed by atoms with E-state index in [1.807, 2.05) is 6.92 Å². The molecule has 0 aliphatic heterocycles. The zero-order chi connectivity index (χ0) is 8.91. The molecule has 0 aliphatic carbocycles. The number of allylic oxidation sites excluding steroid dienone is 1. The van der Waals surface area contributed by atoms with Crippen LogP contribution in [0.25, 0.3) is 0 Å². The zero-order valence-electron chi connectivity index (χ0n) is 6.87. The summed E-state index contributed by atoms with van der Waals surface area (Å²) in [6.07, 6.45) is 4.72. The van der Waals surface area contributed by atoms with Gasteiger partial charge in [0.2, 0.25) is 0 Å². The number of hydrogen-bond acceptors (Lipinski definition) is 2. The maximum Gasteiger partial charge on any atom is 0.339 e. The van der Waals surface area contributed by atoms with Crippen LogP contribution in [0.4, 0.5) is 0 Å². The van der Waals surface area contributed by atoms with Crippen molar-refractivity contribution in [3.05, 3.63) is 12.2 Å². The fourth-order valence-electron chi connectivity index (χ4n) is 0.551. The molecule has 0 saturated carbocycles. The minimum absolute atomic E-state index is 0.795. The molecule has 0 bridgehead atoms. The molecule has 0 fully saturated rings. The topological polar surface area (TPSA) is 57.5 Å². The predicted molar refractivity (Wildman–Crippen MR) is 42.3 cm³/mol. The average molecular weight is 158 g/mol. The third-order valence-corrected chi connectivity index (χ3v) is 1.33. The summed E-state index contributed by atoms with van der Waals surface area (Å²) in [7, 11) is 0. The number of aliphatic hydroxyl groups is 1. The minimum atomic E-state index is -1.71. The van der Waals surface area contributed by atoms with Crippen LogP contribution >= 0.6 is 0 Å². The van der Waals surface area contributed by atoms with Gasteiger partial charge in [-0.25, -0.2) is 4.79 Å². The van der Waals surface area contributed by atoms with E-state index in [2.05, 4.69) is 0 Å². The number of rotatable bonds is 4. The third kappa shape index (κ3) is 3.78. The van der Waals surface area contributed by atoms with Crippen molar-refractivity contribution in [2.45, 2.75) is 32.3 Å². The molecule has 11 heavy (non-hydrogen) atoms. The monoisotopic (exact) mass is 158 g/mol. The van der Waals surface area contributed by atoms with Crippen LogP contribution in [-0.4, -0.2) is 21.8 Å². The summed E-state index contributed by atoms with van der Waals surface area (Å²) in [6, 6.07) is 0. The summed E-state index contributed by atoms with van der Waals surface area (Å²) in [5, 5.41) is 17.6. The Morgan fingerprint density at radius 1 is 1.64 bits per heavy atom.